The molecule has 1 aromatic rings. The van der Waals surface area contributed by atoms with Crippen molar-refractivity contribution in [1.29, 1.82) is 0 Å². The zero-order valence-electron chi connectivity index (χ0n) is 16.0. The average Bonchev–Trinajstić information content (AvgIpc) is 3.05. The monoisotopic (exact) mass is 384 g/mol. The molecule has 1 aromatic carbocycles. The van der Waals surface area contributed by atoms with E-state index >= 15 is 0 Å². The summed E-state index contributed by atoms with van der Waals surface area (Å²) in [6.45, 7) is 8.16. The Kier molecular flexibility index (Phi) is 8.00. The maximum atomic E-state index is 12.6. The average molecular weight is 385 g/mol. The second-order valence-electron chi connectivity index (χ2n) is 6.81. The summed E-state index contributed by atoms with van der Waals surface area (Å²) in [6.07, 6.45) is 1.06. The summed E-state index contributed by atoms with van der Waals surface area (Å²) >= 11 is 6.29. The van der Waals surface area contributed by atoms with Gasteiger partial charge in [-0.1, -0.05) is 11.6 Å². The van der Waals surface area contributed by atoms with Gasteiger partial charge in [0.1, 0.15) is 0 Å². The van der Waals surface area contributed by atoms with E-state index in [2.05, 4.69) is 10.2 Å². The quantitative estimate of drug-likeness (QED) is 0.709. The predicted octanol–water partition coefficient (Wildman–Crippen LogP) is 2.83. The van der Waals surface area contributed by atoms with E-state index in [-0.39, 0.29) is 12.0 Å². The smallest absolute Gasteiger partial charge is 0.252 e. The molecule has 0 spiro atoms. The van der Waals surface area contributed by atoms with E-state index < -0.39 is 0 Å². The number of nitrogens with zero attached hydrogens (tertiary/aromatic N) is 1. The number of amides is 1. The number of nitrogens with one attached hydrogen (secondary N) is 1. The number of carbonyl (C=O) groups excluding carboxylic acids is 1. The van der Waals surface area contributed by atoms with Crippen LogP contribution in [0.4, 0.5) is 0 Å². The van der Waals surface area contributed by atoms with Crippen LogP contribution in [-0.4, -0.2) is 63.9 Å². The Morgan fingerprint density at radius 1 is 1.35 bits per heavy atom. The molecule has 1 heterocycles. The molecule has 1 atom stereocenters. The molecule has 1 N–H and O–H groups in total. The number of halogens is 1. The first kappa shape index (κ1) is 20.8. The Morgan fingerprint density at radius 2 is 2.12 bits per heavy atom. The summed E-state index contributed by atoms with van der Waals surface area (Å²) in [5.41, 5.74) is 0.397. The zero-order chi connectivity index (χ0) is 19.1. The molecule has 1 amide bonds. The van der Waals surface area contributed by atoms with Crippen LogP contribution in [0, 0.1) is 5.92 Å². The molecule has 2 rings (SSSR count). The molecule has 146 valence electrons. The molecule has 0 radical (unpaired) electrons. The molecule has 0 bridgehead atoms. The van der Waals surface area contributed by atoms with Gasteiger partial charge in [0.2, 0.25) is 0 Å². The lowest BCUT2D eigenvalue weighted by Gasteiger charge is -2.17. The number of carbonyl (C=O) groups is 1. The van der Waals surface area contributed by atoms with E-state index in [4.69, 9.17) is 25.8 Å². The number of benzene rings is 1. The van der Waals surface area contributed by atoms with E-state index in [9.17, 15) is 4.79 Å². The second-order valence-corrected chi connectivity index (χ2v) is 7.21. The maximum absolute atomic E-state index is 12.6. The highest BCUT2D eigenvalue weighted by Crippen LogP contribution is 2.34. The lowest BCUT2D eigenvalue weighted by atomic mass is 10.1. The van der Waals surface area contributed by atoms with E-state index in [0.717, 1.165) is 32.7 Å². The molecule has 0 aromatic heterocycles. The fourth-order valence-electron chi connectivity index (χ4n) is 3.05. The normalized spacial score (nSPS) is 17.5. The van der Waals surface area contributed by atoms with Crippen molar-refractivity contribution in [1.82, 2.24) is 10.2 Å². The molecule has 1 aliphatic rings. The first-order chi connectivity index (χ1) is 12.4. The number of hydrogen-bond acceptors (Lipinski definition) is 5. The van der Waals surface area contributed by atoms with Crippen LogP contribution in [0.5, 0.6) is 11.5 Å². The van der Waals surface area contributed by atoms with Gasteiger partial charge in [0, 0.05) is 32.8 Å². The van der Waals surface area contributed by atoms with Crippen molar-refractivity contribution >= 4 is 17.5 Å². The van der Waals surface area contributed by atoms with Gasteiger partial charge in [0.05, 0.1) is 30.4 Å². The zero-order valence-corrected chi connectivity index (χ0v) is 16.8. The predicted molar refractivity (Wildman–Crippen MR) is 103 cm³/mol. The third kappa shape index (κ3) is 5.76. The molecular weight excluding hydrogens is 356 g/mol. The first-order valence-electron chi connectivity index (χ1n) is 8.98. The van der Waals surface area contributed by atoms with Crippen LogP contribution in [0.25, 0.3) is 0 Å². The molecule has 1 unspecified atom stereocenters. The van der Waals surface area contributed by atoms with Crippen molar-refractivity contribution in [3.05, 3.63) is 22.7 Å². The van der Waals surface area contributed by atoms with E-state index in [1.54, 1.807) is 26.4 Å². The van der Waals surface area contributed by atoms with E-state index in [1.807, 2.05) is 13.8 Å². The molecule has 1 saturated heterocycles. The summed E-state index contributed by atoms with van der Waals surface area (Å²) in [5.74, 6) is 1.29. The van der Waals surface area contributed by atoms with Gasteiger partial charge < -0.3 is 24.4 Å². The number of methoxy groups -OCH3 is 2. The lowest BCUT2D eigenvalue weighted by molar-refractivity contribution is 0.0946. The Bertz CT molecular complexity index is 609. The van der Waals surface area contributed by atoms with Gasteiger partial charge in [0.15, 0.2) is 11.5 Å². The number of likely N-dealkylation sites (tertiary alicyclic amines) is 1. The fourth-order valence-corrected chi connectivity index (χ4v) is 3.29. The maximum Gasteiger partial charge on any atom is 0.252 e. The molecular formula is C19H29ClN2O4. The molecule has 26 heavy (non-hydrogen) atoms. The van der Waals surface area contributed by atoms with Crippen LogP contribution in [0.1, 0.15) is 30.6 Å². The van der Waals surface area contributed by atoms with Crippen LogP contribution in [0.2, 0.25) is 5.02 Å². The van der Waals surface area contributed by atoms with E-state index in [1.165, 1.54) is 0 Å². The van der Waals surface area contributed by atoms with Crippen molar-refractivity contribution in [3.8, 4) is 11.5 Å². The van der Waals surface area contributed by atoms with Crippen LogP contribution in [0.3, 0.4) is 0 Å². The van der Waals surface area contributed by atoms with Crippen molar-refractivity contribution < 1.29 is 19.0 Å². The summed E-state index contributed by atoms with van der Waals surface area (Å²) in [4.78, 5) is 14.9. The van der Waals surface area contributed by atoms with Crippen molar-refractivity contribution in [2.75, 3.05) is 47.0 Å². The van der Waals surface area contributed by atoms with Gasteiger partial charge in [-0.3, -0.25) is 4.79 Å². The fraction of sp³-hybridized carbons (Fsp3) is 0.632. The molecule has 1 fully saturated rings. The molecule has 0 aliphatic carbocycles. The third-order valence-corrected chi connectivity index (χ3v) is 4.71. The summed E-state index contributed by atoms with van der Waals surface area (Å²) in [6, 6.07) is 3.27. The molecule has 0 saturated carbocycles. The van der Waals surface area contributed by atoms with Gasteiger partial charge in [-0.15, -0.1) is 0 Å². The molecule has 7 heteroatoms. The largest absolute Gasteiger partial charge is 0.493 e. The van der Waals surface area contributed by atoms with Gasteiger partial charge in [-0.2, -0.15) is 0 Å². The van der Waals surface area contributed by atoms with Gasteiger partial charge in [-0.05, 0) is 38.8 Å². The lowest BCUT2D eigenvalue weighted by Crippen LogP contribution is -2.32. The standard InChI is InChI=1S/C19H29ClN2O4/c1-13(2)26-18-10-16(20)15(9-17(18)25-4)19(23)21-11-14-5-6-22(12-14)7-8-24-3/h9-10,13-14H,5-8,11-12H2,1-4H3,(H,21,23). The topological polar surface area (TPSA) is 60.0 Å². The Balaban J connectivity index is 1.95. The Morgan fingerprint density at radius 3 is 2.77 bits per heavy atom. The van der Waals surface area contributed by atoms with Crippen LogP contribution in [0.15, 0.2) is 12.1 Å². The minimum Gasteiger partial charge on any atom is -0.493 e. The van der Waals surface area contributed by atoms with Gasteiger partial charge in [0.25, 0.3) is 5.91 Å². The second kappa shape index (κ2) is 10.00. The SMILES string of the molecule is COCCN1CCC(CNC(=O)c2cc(OC)c(OC(C)C)cc2Cl)C1. The minimum atomic E-state index is -0.195. The third-order valence-electron chi connectivity index (χ3n) is 4.39. The van der Waals surface area contributed by atoms with Crippen molar-refractivity contribution in [2.45, 2.75) is 26.4 Å². The summed E-state index contributed by atoms with van der Waals surface area (Å²) in [5, 5.41) is 3.35. The van der Waals surface area contributed by atoms with Crippen LogP contribution < -0.4 is 14.8 Å². The highest BCUT2D eigenvalue weighted by molar-refractivity contribution is 6.34. The molecule has 6 nitrogen and oxygen atoms in total. The van der Waals surface area contributed by atoms with Crippen LogP contribution >= 0.6 is 11.6 Å². The summed E-state index contributed by atoms with van der Waals surface area (Å²) < 4.78 is 16.1. The first-order valence-corrected chi connectivity index (χ1v) is 9.36. The Hall–Kier alpha value is -1.50. The van der Waals surface area contributed by atoms with Crippen LogP contribution in [-0.2, 0) is 4.74 Å². The highest BCUT2D eigenvalue weighted by Gasteiger charge is 2.23. The number of rotatable bonds is 9. The number of hydrogen-bond donors (Lipinski definition) is 1. The Labute approximate surface area is 160 Å². The van der Waals surface area contributed by atoms with E-state index in [0.29, 0.717) is 34.5 Å². The highest BCUT2D eigenvalue weighted by atomic mass is 35.5. The molecule has 1 aliphatic heterocycles. The number of ether oxygens (including phenoxy) is 3. The van der Waals surface area contributed by atoms with Crippen molar-refractivity contribution in [2.24, 2.45) is 5.92 Å². The van der Waals surface area contributed by atoms with Gasteiger partial charge >= 0.3 is 0 Å². The minimum absolute atomic E-state index is 0.0111. The van der Waals surface area contributed by atoms with Gasteiger partial charge in [-0.25, -0.2) is 0 Å². The van der Waals surface area contributed by atoms with Crippen molar-refractivity contribution in [3.63, 3.8) is 0 Å². The summed E-state index contributed by atoms with van der Waals surface area (Å²) in [7, 11) is 3.26.